The van der Waals surface area contributed by atoms with Crippen LogP contribution in [0.1, 0.15) is 180 Å². The number of likely N-dealkylation sites (N-methyl/N-ethyl adjacent to an activating group) is 1. The van der Waals surface area contributed by atoms with E-state index in [1.165, 1.54) is 135 Å². The summed E-state index contributed by atoms with van der Waals surface area (Å²) >= 11 is 0. The number of carbonyl (C=O) groups excluding carboxylic acids is 2. The number of unbranched alkanes of at least 4 members (excludes halogenated alkanes) is 22. The second-order valence-electron chi connectivity index (χ2n) is 13.3. The Morgan fingerprint density at radius 1 is 0.500 bits per heavy atom. The summed E-state index contributed by atoms with van der Waals surface area (Å²) in [5, 5.41) is 0. The fourth-order valence-electron chi connectivity index (χ4n) is 5.17. The van der Waals surface area contributed by atoms with Gasteiger partial charge in [0, 0.05) is 19.3 Å². The summed E-state index contributed by atoms with van der Waals surface area (Å²) in [5.41, 5.74) is 0.285. The lowest BCUT2D eigenvalue weighted by atomic mass is 10.0. The normalized spacial score (nSPS) is 12.1. The molecule has 0 aliphatic carbocycles. The fourth-order valence-corrected chi connectivity index (χ4v) is 5.80. The average molecular weight is 585 g/mol. The molecule has 0 aromatic heterocycles. The van der Waals surface area contributed by atoms with Crippen molar-refractivity contribution in [1.82, 2.24) is 0 Å². The van der Waals surface area contributed by atoms with Crippen LogP contribution in [0.3, 0.4) is 0 Å². The number of hydrogen-bond acceptors (Lipinski definition) is 3. The Kier molecular flexibility index (Phi) is 29.9. The third kappa shape index (κ3) is 33.9. The topological polar surface area (TPSA) is 43.4 Å². The molecule has 0 aliphatic rings. The molecule has 0 heterocycles. The standard InChI is InChI=1S/C35H71NO3P/c1-5-6-7-8-9-10-14-17-20-23-26-29-34(37)30-27-24-21-18-15-12-11-13-16-19-22-25-28-31-35(38)40-39-33-32-36(2,3)4/h40H,5-33H2,1-4H3/q+1. The molecule has 0 fully saturated rings. The highest BCUT2D eigenvalue weighted by molar-refractivity contribution is 7.53. The van der Waals surface area contributed by atoms with E-state index in [-0.39, 0.29) is 14.3 Å². The first-order chi connectivity index (χ1) is 19.3. The number of quaternary nitrogens is 1. The summed E-state index contributed by atoms with van der Waals surface area (Å²) in [6, 6.07) is 0. The van der Waals surface area contributed by atoms with Crippen LogP contribution >= 0.6 is 8.81 Å². The van der Waals surface area contributed by atoms with Gasteiger partial charge in [-0.2, -0.15) is 0 Å². The van der Waals surface area contributed by atoms with E-state index >= 15 is 0 Å². The van der Waals surface area contributed by atoms with E-state index in [4.69, 9.17) is 4.52 Å². The molecule has 0 spiro atoms. The lowest BCUT2D eigenvalue weighted by molar-refractivity contribution is -0.870. The van der Waals surface area contributed by atoms with Crippen LogP contribution in [0, 0.1) is 0 Å². The smallest absolute Gasteiger partial charge is 0.178 e. The predicted molar refractivity (Wildman–Crippen MR) is 178 cm³/mol. The van der Waals surface area contributed by atoms with Crippen LogP contribution in [0.4, 0.5) is 0 Å². The SMILES string of the molecule is CCCCCCCCCCCCCC(=O)CCCCCCCCCCCCCCCC(=O)POCC[N+](C)(C)C. The molecular weight excluding hydrogens is 513 g/mol. The number of hydrogen-bond donors (Lipinski definition) is 0. The van der Waals surface area contributed by atoms with E-state index < -0.39 is 0 Å². The Balaban J connectivity index is 3.23. The van der Waals surface area contributed by atoms with E-state index in [0.717, 1.165) is 43.1 Å². The molecule has 0 bridgehead atoms. The summed E-state index contributed by atoms with van der Waals surface area (Å²) in [6.07, 6.45) is 33.7. The van der Waals surface area contributed by atoms with Crippen molar-refractivity contribution in [2.45, 2.75) is 180 Å². The summed E-state index contributed by atoms with van der Waals surface area (Å²) < 4.78 is 6.41. The molecule has 0 rings (SSSR count). The van der Waals surface area contributed by atoms with Crippen LogP contribution < -0.4 is 0 Å². The average Bonchev–Trinajstić information content (AvgIpc) is 2.91. The third-order valence-electron chi connectivity index (χ3n) is 7.97. The molecule has 5 heteroatoms. The van der Waals surface area contributed by atoms with Crippen LogP contribution in [0.25, 0.3) is 0 Å². The first-order valence-electron chi connectivity index (χ1n) is 17.6. The summed E-state index contributed by atoms with van der Waals surface area (Å²) in [6.45, 7) is 3.90. The Labute approximate surface area is 253 Å². The predicted octanol–water partition coefficient (Wildman–Crippen LogP) is 11.0. The Morgan fingerprint density at radius 3 is 1.18 bits per heavy atom. The maximum absolute atomic E-state index is 12.1. The third-order valence-corrected chi connectivity index (χ3v) is 8.79. The minimum atomic E-state index is 0.0366. The highest BCUT2D eigenvalue weighted by Crippen LogP contribution is 2.19. The first-order valence-corrected chi connectivity index (χ1v) is 18.5. The Bertz CT molecular complexity index is 561. The highest BCUT2D eigenvalue weighted by Gasteiger charge is 2.08. The van der Waals surface area contributed by atoms with Crippen LogP contribution in [-0.4, -0.2) is 50.1 Å². The van der Waals surface area contributed by atoms with E-state index in [1.54, 1.807) is 0 Å². The van der Waals surface area contributed by atoms with Crippen LogP contribution in [0.15, 0.2) is 0 Å². The Morgan fingerprint density at radius 2 is 0.825 bits per heavy atom. The van der Waals surface area contributed by atoms with Crippen LogP contribution in [0.2, 0.25) is 0 Å². The maximum atomic E-state index is 12.1. The fraction of sp³-hybridized carbons (Fsp3) is 0.943. The van der Waals surface area contributed by atoms with E-state index in [1.807, 2.05) is 0 Å². The molecule has 1 atom stereocenters. The second kappa shape index (κ2) is 30.2. The molecular formula is C35H71NO3P+. The molecule has 0 aromatic rings. The molecule has 1 unspecified atom stereocenters. The number of rotatable bonds is 33. The van der Waals surface area contributed by atoms with Crippen molar-refractivity contribution in [3.8, 4) is 0 Å². The monoisotopic (exact) mass is 585 g/mol. The van der Waals surface area contributed by atoms with Crippen molar-refractivity contribution >= 4 is 20.1 Å². The van der Waals surface area contributed by atoms with Gasteiger partial charge in [0.05, 0.1) is 30.0 Å². The lowest BCUT2D eigenvalue weighted by Crippen LogP contribution is -2.37. The molecule has 0 N–H and O–H groups in total. The number of ketones is 1. The van der Waals surface area contributed by atoms with Gasteiger partial charge in [0.2, 0.25) is 0 Å². The van der Waals surface area contributed by atoms with Gasteiger partial charge in [-0.1, -0.05) is 142 Å². The van der Waals surface area contributed by atoms with Crippen molar-refractivity contribution in [3.63, 3.8) is 0 Å². The first kappa shape index (κ1) is 39.7. The van der Waals surface area contributed by atoms with Crippen molar-refractivity contribution in [3.05, 3.63) is 0 Å². The highest BCUT2D eigenvalue weighted by atomic mass is 31.1. The van der Waals surface area contributed by atoms with Gasteiger partial charge < -0.3 is 9.01 Å². The summed E-state index contributed by atoms with van der Waals surface area (Å²) in [7, 11) is 6.46. The van der Waals surface area contributed by atoms with E-state index in [2.05, 4.69) is 28.1 Å². The molecule has 0 aliphatic heterocycles. The van der Waals surface area contributed by atoms with Gasteiger partial charge in [0.1, 0.15) is 18.9 Å². The number of carbonyl (C=O) groups is 2. The maximum Gasteiger partial charge on any atom is 0.178 e. The zero-order valence-corrected chi connectivity index (χ0v) is 28.7. The molecule has 0 radical (unpaired) electrons. The second-order valence-corrected chi connectivity index (χ2v) is 14.4. The minimum Gasteiger partial charge on any atom is -0.349 e. The summed E-state index contributed by atoms with van der Waals surface area (Å²) in [5.74, 6) is 0.503. The van der Waals surface area contributed by atoms with Gasteiger partial charge in [-0.25, -0.2) is 0 Å². The van der Waals surface area contributed by atoms with E-state index in [0.29, 0.717) is 18.8 Å². The zero-order valence-electron chi connectivity index (χ0n) is 27.7. The van der Waals surface area contributed by atoms with Crippen LogP contribution in [-0.2, 0) is 14.1 Å². The van der Waals surface area contributed by atoms with Crippen molar-refractivity contribution in [2.24, 2.45) is 0 Å². The van der Waals surface area contributed by atoms with Gasteiger partial charge in [-0.15, -0.1) is 0 Å². The van der Waals surface area contributed by atoms with Crippen molar-refractivity contribution < 1.29 is 18.6 Å². The van der Waals surface area contributed by atoms with Gasteiger partial charge in [-0.3, -0.25) is 9.59 Å². The molecule has 40 heavy (non-hydrogen) atoms. The Hall–Kier alpha value is -0.310. The van der Waals surface area contributed by atoms with Gasteiger partial charge in [0.25, 0.3) is 0 Å². The van der Waals surface area contributed by atoms with Crippen molar-refractivity contribution in [2.75, 3.05) is 34.3 Å². The van der Waals surface area contributed by atoms with Gasteiger partial charge in [-0.05, 0) is 19.3 Å². The van der Waals surface area contributed by atoms with Crippen molar-refractivity contribution in [1.29, 1.82) is 0 Å². The van der Waals surface area contributed by atoms with Gasteiger partial charge >= 0.3 is 0 Å². The van der Waals surface area contributed by atoms with Gasteiger partial charge in [0.15, 0.2) is 5.52 Å². The zero-order chi connectivity index (χ0) is 29.6. The molecule has 0 saturated carbocycles. The van der Waals surface area contributed by atoms with Crippen LogP contribution in [0.5, 0.6) is 0 Å². The quantitative estimate of drug-likeness (QED) is 0.0438. The lowest BCUT2D eigenvalue weighted by Gasteiger charge is -2.23. The molecule has 0 saturated heterocycles. The molecule has 0 amide bonds. The summed E-state index contributed by atoms with van der Waals surface area (Å²) in [4.78, 5) is 24.0. The minimum absolute atomic E-state index is 0.0366. The molecule has 4 nitrogen and oxygen atoms in total. The molecule has 238 valence electrons. The molecule has 0 aromatic carbocycles. The van der Waals surface area contributed by atoms with E-state index in [9.17, 15) is 9.59 Å². The number of Topliss-reactive ketones (excluding diaryl/α,β-unsaturated/α-hetero) is 1. The number of nitrogens with zero attached hydrogens (tertiary/aromatic N) is 1. The largest absolute Gasteiger partial charge is 0.349 e.